The third kappa shape index (κ3) is 3.88. The van der Waals surface area contributed by atoms with E-state index in [0.29, 0.717) is 6.54 Å². The minimum Gasteiger partial charge on any atom is -0.480 e. The molecule has 0 unspecified atom stereocenters. The fourth-order valence-corrected chi connectivity index (χ4v) is 2.78. The molecule has 20 heavy (non-hydrogen) atoms. The molecule has 0 bridgehead atoms. The maximum atomic E-state index is 10.6. The van der Waals surface area contributed by atoms with Gasteiger partial charge in [-0.25, -0.2) is 4.98 Å². The molecule has 1 heterocycles. The first kappa shape index (κ1) is 14.7. The summed E-state index contributed by atoms with van der Waals surface area (Å²) in [7, 11) is 1.78. The summed E-state index contributed by atoms with van der Waals surface area (Å²) in [5.41, 5.74) is 3.33. The molecule has 1 aromatic heterocycles. The van der Waals surface area contributed by atoms with E-state index in [1.165, 1.54) is 5.56 Å². The SMILES string of the molecule is CCc1ccc(-c2nc(CN(C)CC(=O)O)cs2)cc1. The highest BCUT2D eigenvalue weighted by molar-refractivity contribution is 7.13. The van der Waals surface area contributed by atoms with E-state index in [0.717, 1.165) is 22.7 Å². The quantitative estimate of drug-likeness (QED) is 0.889. The topological polar surface area (TPSA) is 53.4 Å². The number of aromatic nitrogens is 1. The minimum atomic E-state index is -0.821. The van der Waals surface area contributed by atoms with Crippen LogP contribution in [0.5, 0.6) is 0 Å². The van der Waals surface area contributed by atoms with Gasteiger partial charge >= 0.3 is 5.97 Å². The lowest BCUT2D eigenvalue weighted by Gasteiger charge is -2.11. The third-order valence-electron chi connectivity index (χ3n) is 3.00. The zero-order valence-electron chi connectivity index (χ0n) is 11.7. The second kappa shape index (κ2) is 6.63. The first-order chi connectivity index (χ1) is 9.58. The summed E-state index contributed by atoms with van der Waals surface area (Å²) in [4.78, 5) is 16.9. The number of hydrogen-bond donors (Lipinski definition) is 1. The lowest BCUT2D eigenvalue weighted by atomic mass is 10.1. The van der Waals surface area contributed by atoms with Crippen LogP contribution in [0.1, 0.15) is 18.2 Å². The molecule has 0 aliphatic carbocycles. The molecule has 1 aromatic carbocycles. The van der Waals surface area contributed by atoms with Gasteiger partial charge in [0.25, 0.3) is 0 Å². The van der Waals surface area contributed by atoms with Crippen molar-refractivity contribution >= 4 is 17.3 Å². The Morgan fingerprint density at radius 2 is 2.05 bits per heavy atom. The molecule has 1 N–H and O–H groups in total. The van der Waals surface area contributed by atoms with Crippen molar-refractivity contribution in [3.05, 3.63) is 40.9 Å². The summed E-state index contributed by atoms with van der Waals surface area (Å²) in [5, 5.41) is 11.7. The van der Waals surface area contributed by atoms with Crippen molar-refractivity contribution in [1.29, 1.82) is 0 Å². The van der Waals surface area contributed by atoms with E-state index in [1.54, 1.807) is 23.3 Å². The fourth-order valence-electron chi connectivity index (χ4n) is 1.96. The van der Waals surface area contributed by atoms with Crippen LogP contribution in [0, 0.1) is 0 Å². The number of carboxylic acid groups (broad SMARTS) is 1. The Hall–Kier alpha value is -1.72. The summed E-state index contributed by atoms with van der Waals surface area (Å²) in [6.45, 7) is 2.71. The molecule has 0 saturated carbocycles. The molecule has 0 saturated heterocycles. The van der Waals surface area contributed by atoms with Crippen LogP contribution in [0.3, 0.4) is 0 Å². The largest absolute Gasteiger partial charge is 0.480 e. The Morgan fingerprint density at radius 3 is 2.65 bits per heavy atom. The fraction of sp³-hybridized carbons (Fsp3) is 0.333. The average molecular weight is 290 g/mol. The van der Waals surface area contributed by atoms with Gasteiger partial charge in [-0.2, -0.15) is 0 Å². The number of aliphatic carboxylic acids is 1. The Kier molecular flexibility index (Phi) is 4.87. The summed E-state index contributed by atoms with van der Waals surface area (Å²) < 4.78 is 0. The van der Waals surface area contributed by atoms with Crippen LogP contribution in [0.2, 0.25) is 0 Å². The molecule has 106 valence electrons. The lowest BCUT2D eigenvalue weighted by Crippen LogP contribution is -2.25. The third-order valence-corrected chi connectivity index (χ3v) is 3.94. The highest BCUT2D eigenvalue weighted by atomic mass is 32.1. The van der Waals surface area contributed by atoms with Crippen LogP contribution in [0.25, 0.3) is 10.6 Å². The Bertz CT molecular complexity index is 578. The average Bonchev–Trinajstić information content (AvgIpc) is 2.86. The predicted molar refractivity (Wildman–Crippen MR) is 80.9 cm³/mol. The second-order valence-corrected chi connectivity index (χ2v) is 5.62. The molecule has 2 aromatic rings. The highest BCUT2D eigenvalue weighted by Gasteiger charge is 2.09. The van der Waals surface area contributed by atoms with Crippen molar-refractivity contribution < 1.29 is 9.90 Å². The van der Waals surface area contributed by atoms with Gasteiger partial charge in [0.05, 0.1) is 12.2 Å². The van der Waals surface area contributed by atoms with Gasteiger partial charge in [-0.15, -0.1) is 11.3 Å². The van der Waals surface area contributed by atoms with Crippen molar-refractivity contribution in [2.24, 2.45) is 0 Å². The van der Waals surface area contributed by atoms with Crippen LogP contribution in [-0.4, -0.2) is 34.6 Å². The van der Waals surface area contributed by atoms with Crippen molar-refractivity contribution in [3.63, 3.8) is 0 Å². The molecule has 4 nitrogen and oxygen atoms in total. The number of carbonyl (C=O) groups is 1. The first-order valence-electron chi connectivity index (χ1n) is 6.52. The summed E-state index contributed by atoms with van der Waals surface area (Å²) >= 11 is 1.59. The van der Waals surface area contributed by atoms with E-state index < -0.39 is 5.97 Å². The summed E-state index contributed by atoms with van der Waals surface area (Å²) in [6, 6.07) is 8.41. The molecule has 0 amide bonds. The van der Waals surface area contributed by atoms with Crippen LogP contribution in [0.4, 0.5) is 0 Å². The monoisotopic (exact) mass is 290 g/mol. The Morgan fingerprint density at radius 1 is 1.35 bits per heavy atom. The van der Waals surface area contributed by atoms with Crippen LogP contribution in [-0.2, 0) is 17.8 Å². The molecule has 0 spiro atoms. The van der Waals surface area contributed by atoms with Crippen molar-refractivity contribution in [1.82, 2.24) is 9.88 Å². The standard InChI is InChI=1S/C15H18N2O2S/c1-3-11-4-6-12(7-5-11)15-16-13(10-20-15)8-17(2)9-14(18)19/h4-7,10H,3,8-9H2,1-2H3,(H,18,19). The van der Waals surface area contributed by atoms with E-state index in [2.05, 4.69) is 36.2 Å². The van der Waals surface area contributed by atoms with Crippen molar-refractivity contribution in [3.8, 4) is 10.6 Å². The van der Waals surface area contributed by atoms with Gasteiger partial charge in [0, 0.05) is 17.5 Å². The van der Waals surface area contributed by atoms with Crippen LogP contribution < -0.4 is 0 Å². The number of thiazole rings is 1. The molecule has 0 aliphatic heterocycles. The summed E-state index contributed by atoms with van der Waals surface area (Å²) in [5.74, 6) is -0.821. The smallest absolute Gasteiger partial charge is 0.317 e. The number of nitrogens with zero attached hydrogens (tertiary/aromatic N) is 2. The molecular formula is C15H18N2O2S. The lowest BCUT2D eigenvalue weighted by molar-refractivity contribution is -0.138. The molecule has 5 heteroatoms. The number of rotatable bonds is 6. The van der Waals surface area contributed by atoms with Gasteiger partial charge in [-0.05, 0) is 19.0 Å². The predicted octanol–water partition coefficient (Wildman–Crippen LogP) is 2.89. The van der Waals surface area contributed by atoms with E-state index >= 15 is 0 Å². The zero-order valence-corrected chi connectivity index (χ0v) is 12.5. The molecule has 0 aliphatic rings. The number of benzene rings is 1. The first-order valence-corrected chi connectivity index (χ1v) is 7.40. The van der Waals surface area contributed by atoms with E-state index in [9.17, 15) is 4.79 Å². The normalized spacial score (nSPS) is 10.9. The minimum absolute atomic E-state index is 0.0259. The van der Waals surface area contributed by atoms with Gasteiger partial charge in [0.1, 0.15) is 5.01 Å². The zero-order chi connectivity index (χ0) is 14.5. The van der Waals surface area contributed by atoms with Gasteiger partial charge in [0.15, 0.2) is 0 Å². The molecule has 0 atom stereocenters. The number of aryl methyl sites for hydroxylation is 1. The maximum Gasteiger partial charge on any atom is 0.317 e. The van der Waals surface area contributed by atoms with Gasteiger partial charge in [-0.1, -0.05) is 31.2 Å². The van der Waals surface area contributed by atoms with Gasteiger partial charge < -0.3 is 5.11 Å². The van der Waals surface area contributed by atoms with Crippen molar-refractivity contribution in [2.45, 2.75) is 19.9 Å². The van der Waals surface area contributed by atoms with Gasteiger partial charge in [-0.3, -0.25) is 9.69 Å². The van der Waals surface area contributed by atoms with E-state index in [1.807, 2.05) is 5.38 Å². The highest BCUT2D eigenvalue weighted by Crippen LogP contribution is 2.24. The number of hydrogen-bond acceptors (Lipinski definition) is 4. The van der Waals surface area contributed by atoms with E-state index in [-0.39, 0.29) is 6.54 Å². The summed E-state index contributed by atoms with van der Waals surface area (Å²) in [6.07, 6.45) is 1.03. The Labute approximate surface area is 122 Å². The van der Waals surface area contributed by atoms with E-state index in [4.69, 9.17) is 5.11 Å². The molecular weight excluding hydrogens is 272 g/mol. The van der Waals surface area contributed by atoms with Crippen LogP contribution in [0.15, 0.2) is 29.6 Å². The molecule has 2 rings (SSSR count). The molecule has 0 radical (unpaired) electrons. The number of carboxylic acids is 1. The maximum absolute atomic E-state index is 10.6. The number of likely N-dealkylation sites (N-methyl/N-ethyl adjacent to an activating group) is 1. The second-order valence-electron chi connectivity index (χ2n) is 4.76. The molecule has 0 fully saturated rings. The van der Waals surface area contributed by atoms with Crippen LogP contribution >= 0.6 is 11.3 Å². The van der Waals surface area contributed by atoms with Gasteiger partial charge in [0.2, 0.25) is 0 Å². The van der Waals surface area contributed by atoms with Crippen molar-refractivity contribution in [2.75, 3.05) is 13.6 Å². The Balaban J connectivity index is 2.06.